The maximum Gasteiger partial charge on any atom is 0.308 e. The highest BCUT2D eigenvalue weighted by molar-refractivity contribution is 5.94. The van der Waals surface area contributed by atoms with Crippen LogP contribution in [-0.2, 0) is 9.53 Å². The van der Waals surface area contributed by atoms with E-state index in [1.807, 2.05) is 0 Å². The third-order valence-corrected chi connectivity index (χ3v) is 2.06. The van der Waals surface area contributed by atoms with E-state index in [1.54, 1.807) is 24.3 Å². The number of hydrogen-bond donors (Lipinski definition) is 0. The Morgan fingerprint density at radius 2 is 1.81 bits per heavy atom. The minimum Gasteiger partial charge on any atom is -0.493 e. The van der Waals surface area contributed by atoms with Crippen molar-refractivity contribution in [2.45, 2.75) is 13.3 Å². The minimum absolute atomic E-state index is 0.0149. The molecule has 0 spiro atoms. The molecule has 0 aliphatic carbocycles. The van der Waals surface area contributed by atoms with Gasteiger partial charge in [-0.1, -0.05) is 0 Å². The lowest BCUT2D eigenvalue weighted by molar-refractivity contribution is -0.141. The Hall–Kier alpha value is -1.84. The van der Waals surface area contributed by atoms with Crippen molar-refractivity contribution in [2.75, 3.05) is 13.7 Å². The van der Waals surface area contributed by atoms with E-state index in [9.17, 15) is 9.59 Å². The van der Waals surface area contributed by atoms with E-state index in [4.69, 9.17) is 4.74 Å². The fourth-order valence-corrected chi connectivity index (χ4v) is 1.14. The summed E-state index contributed by atoms with van der Waals surface area (Å²) in [5.74, 6) is 0.343. The average molecular weight is 222 g/mol. The number of esters is 1. The zero-order valence-electron chi connectivity index (χ0n) is 9.36. The van der Waals surface area contributed by atoms with Crippen LogP contribution >= 0.6 is 0 Å². The summed E-state index contributed by atoms with van der Waals surface area (Å²) in [5, 5.41) is 0. The molecule has 86 valence electrons. The van der Waals surface area contributed by atoms with Gasteiger partial charge in [-0.15, -0.1) is 0 Å². The van der Waals surface area contributed by atoms with Gasteiger partial charge < -0.3 is 9.47 Å². The SMILES string of the molecule is COC(=O)CCOc1ccc(C(C)=O)cc1. The summed E-state index contributed by atoms with van der Waals surface area (Å²) in [6.45, 7) is 1.78. The first-order valence-corrected chi connectivity index (χ1v) is 4.94. The van der Waals surface area contributed by atoms with Crippen LogP contribution < -0.4 is 4.74 Å². The summed E-state index contributed by atoms with van der Waals surface area (Å²) in [7, 11) is 1.34. The molecule has 4 heteroatoms. The number of ether oxygens (including phenoxy) is 2. The zero-order chi connectivity index (χ0) is 12.0. The summed E-state index contributed by atoms with van der Waals surface area (Å²) in [4.78, 5) is 21.8. The van der Waals surface area contributed by atoms with E-state index < -0.39 is 0 Å². The van der Waals surface area contributed by atoms with Gasteiger partial charge in [-0.2, -0.15) is 0 Å². The van der Waals surface area contributed by atoms with Crippen LogP contribution in [0.1, 0.15) is 23.7 Å². The summed E-state index contributed by atoms with van der Waals surface area (Å²) >= 11 is 0. The van der Waals surface area contributed by atoms with E-state index in [0.717, 1.165) is 0 Å². The van der Waals surface area contributed by atoms with Gasteiger partial charge in [0.25, 0.3) is 0 Å². The molecule has 0 heterocycles. The van der Waals surface area contributed by atoms with Crippen molar-refractivity contribution in [1.29, 1.82) is 0 Å². The summed E-state index contributed by atoms with van der Waals surface area (Å²) in [6, 6.07) is 6.79. The molecule has 0 saturated heterocycles. The molecule has 0 saturated carbocycles. The van der Waals surface area contributed by atoms with Crippen LogP contribution in [0.4, 0.5) is 0 Å². The molecule has 0 aliphatic heterocycles. The van der Waals surface area contributed by atoms with Crippen LogP contribution in [0, 0.1) is 0 Å². The van der Waals surface area contributed by atoms with Crippen LogP contribution in [0.15, 0.2) is 24.3 Å². The zero-order valence-corrected chi connectivity index (χ0v) is 9.36. The maximum absolute atomic E-state index is 11.0. The number of carbonyl (C=O) groups excluding carboxylic acids is 2. The van der Waals surface area contributed by atoms with Gasteiger partial charge in [0.1, 0.15) is 5.75 Å². The smallest absolute Gasteiger partial charge is 0.308 e. The Bertz CT molecular complexity index is 367. The van der Waals surface area contributed by atoms with Gasteiger partial charge >= 0.3 is 5.97 Å². The molecule has 0 bridgehead atoms. The van der Waals surface area contributed by atoms with Gasteiger partial charge in [-0.25, -0.2) is 0 Å². The predicted molar refractivity (Wildman–Crippen MR) is 58.6 cm³/mol. The Morgan fingerprint density at radius 1 is 1.19 bits per heavy atom. The first-order valence-electron chi connectivity index (χ1n) is 4.94. The van der Waals surface area contributed by atoms with Gasteiger partial charge in [-0.05, 0) is 31.2 Å². The largest absolute Gasteiger partial charge is 0.493 e. The first kappa shape index (κ1) is 12.2. The molecule has 0 atom stereocenters. The number of benzene rings is 1. The number of Topliss-reactive ketones (excluding diaryl/α,β-unsaturated/α-hetero) is 1. The third-order valence-electron chi connectivity index (χ3n) is 2.06. The Balaban J connectivity index is 2.43. The van der Waals surface area contributed by atoms with Crippen molar-refractivity contribution >= 4 is 11.8 Å². The van der Waals surface area contributed by atoms with Gasteiger partial charge in [0.2, 0.25) is 0 Å². The van der Waals surface area contributed by atoms with Crippen molar-refractivity contribution in [2.24, 2.45) is 0 Å². The second-order valence-corrected chi connectivity index (χ2v) is 3.26. The molecule has 0 fully saturated rings. The molecule has 0 unspecified atom stereocenters. The minimum atomic E-state index is -0.305. The fourth-order valence-electron chi connectivity index (χ4n) is 1.14. The Morgan fingerprint density at radius 3 is 2.31 bits per heavy atom. The van der Waals surface area contributed by atoms with Gasteiger partial charge in [0.15, 0.2) is 5.78 Å². The van der Waals surface area contributed by atoms with Gasteiger partial charge in [-0.3, -0.25) is 9.59 Å². The molecule has 0 N–H and O–H groups in total. The highest BCUT2D eigenvalue weighted by Crippen LogP contribution is 2.12. The molecule has 0 aliphatic rings. The van der Waals surface area contributed by atoms with Gasteiger partial charge in [0, 0.05) is 5.56 Å². The van der Waals surface area contributed by atoms with E-state index in [0.29, 0.717) is 11.3 Å². The highest BCUT2D eigenvalue weighted by atomic mass is 16.5. The van der Waals surface area contributed by atoms with E-state index in [2.05, 4.69) is 4.74 Å². The highest BCUT2D eigenvalue weighted by Gasteiger charge is 2.02. The predicted octanol–water partition coefficient (Wildman–Crippen LogP) is 1.83. The van der Waals surface area contributed by atoms with Crippen LogP contribution in [-0.4, -0.2) is 25.5 Å². The van der Waals surface area contributed by atoms with Crippen molar-refractivity contribution in [1.82, 2.24) is 0 Å². The van der Waals surface area contributed by atoms with E-state index >= 15 is 0 Å². The van der Waals surface area contributed by atoms with Crippen LogP contribution in [0.25, 0.3) is 0 Å². The monoisotopic (exact) mass is 222 g/mol. The molecule has 1 rings (SSSR count). The second-order valence-electron chi connectivity index (χ2n) is 3.26. The van der Waals surface area contributed by atoms with E-state index in [-0.39, 0.29) is 24.8 Å². The number of rotatable bonds is 5. The lowest BCUT2D eigenvalue weighted by Gasteiger charge is -2.05. The Kier molecular flexibility index (Phi) is 4.51. The maximum atomic E-state index is 11.0. The van der Waals surface area contributed by atoms with Crippen LogP contribution in [0.2, 0.25) is 0 Å². The molecule has 1 aromatic carbocycles. The third kappa shape index (κ3) is 3.73. The molecule has 0 radical (unpaired) electrons. The van der Waals surface area contributed by atoms with Crippen molar-refractivity contribution in [3.8, 4) is 5.75 Å². The summed E-state index contributed by atoms with van der Waals surface area (Å²) in [6.07, 6.45) is 0.213. The normalized spacial score (nSPS) is 9.62. The average Bonchev–Trinajstić information content (AvgIpc) is 2.29. The van der Waals surface area contributed by atoms with Gasteiger partial charge in [0.05, 0.1) is 20.1 Å². The van der Waals surface area contributed by atoms with E-state index in [1.165, 1.54) is 14.0 Å². The number of ketones is 1. The lowest BCUT2D eigenvalue weighted by Crippen LogP contribution is -2.07. The number of methoxy groups -OCH3 is 1. The fraction of sp³-hybridized carbons (Fsp3) is 0.333. The number of carbonyl (C=O) groups is 2. The second kappa shape index (κ2) is 5.90. The first-order chi connectivity index (χ1) is 7.63. The quantitative estimate of drug-likeness (QED) is 0.563. The lowest BCUT2D eigenvalue weighted by atomic mass is 10.1. The standard InChI is InChI=1S/C12H14O4/c1-9(13)10-3-5-11(6-4-10)16-8-7-12(14)15-2/h3-6H,7-8H2,1-2H3. The molecule has 4 nitrogen and oxygen atoms in total. The summed E-state index contributed by atoms with van der Waals surface area (Å²) in [5.41, 5.74) is 0.639. The molecule has 1 aromatic rings. The molecular formula is C12H14O4. The summed E-state index contributed by atoms with van der Waals surface area (Å²) < 4.78 is 9.78. The molecule has 0 aromatic heterocycles. The number of hydrogen-bond acceptors (Lipinski definition) is 4. The molecule has 16 heavy (non-hydrogen) atoms. The molecular weight excluding hydrogens is 208 g/mol. The van der Waals surface area contributed by atoms with Crippen LogP contribution in [0.3, 0.4) is 0 Å². The Labute approximate surface area is 94.2 Å². The molecule has 0 amide bonds. The van der Waals surface area contributed by atoms with Crippen molar-refractivity contribution in [3.63, 3.8) is 0 Å². The van der Waals surface area contributed by atoms with Crippen molar-refractivity contribution < 1.29 is 19.1 Å². The topological polar surface area (TPSA) is 52.6 Å². The van der Waals surface area contributed by atoms with Crippen LogP contribution in [0.5, 0.6) is 5.75 Å². The van der Waals surface area contributed by atoms with Crippen molar-refractivity contribution in [3.05, 3.63) is 29.8 Å².